The highest BCUT2D eigenvalue weighted by Crippen LogP contribution is 2.24. The third kappa shape index (κ3) is 5.95. The molecular formula is C23H27N6O5Si. The first-order valence-electron chi connectivity index (χ1n) is 11.3. The number of H-pyrrole nitrogens is 1. The molecule has 4 N–H and O–H groups in total. The lowest BCUT2D eigenvalue weighted by Gasteiger charge is -2.14. The number of benzene rings is 1. The second kappa shape index (κ2) is 10.6. The molecule has 0 aliphatic carbocycles. The van der Waals surface area contributed by atoms with Crippen molar-refractivity contribution < 1.29 is 24.2 Å². The summed E-state index contributed by atoms with van der Waals surface area (Å²) in [6.45, 7) is 3.77. The molecule has 1 aliphatic rings. The molecule has 11 nitrogen and oxygen atoms in total. The van der Waals surface area contributed by atoms with Crippen LogP contribution in [-0.2, 0) is 16.0 Å². The number of alkyl carbamates (subject to hydrolysis) is 1. The van der Waals surface area contributed by atoms with Gasteiger partial charge in [-0.05, 0) is 56.1 Å². The van der Waals surface area contributed by atoms with E-state index in [0.717, 1.165) is 23.8 Å². The number of amides is 2. The Bertz CT molecular complexity index is 1220. The van der Waals surface area contributed by atoms with Crippen molar-refractivity contribution in [1.82, 2.24) is 25.3 Å². The third-order valence-corrected chi connectivity index (χ3v) is 8.43. The largest absolute Gasteiger partial charge is 0.507 e. The Kier molecular flexibility index (Phi) is 7.30. The summed E-state index contributed by atoms with van der Waals surface area (Å²) >= 11 is 0. The van der Waals surface area contributed by atoms with Crippen molar-refractivity contribution in [2.75, 3.05) is 5.32 Å². The summed E-state index contributed by atoms with van der Waals surface area (Å²) in [6.07, 6.45) is 4.12. The number of aromatic nitrogens is 4. The van der Waals surface area contributed by atoms with Gasteiger partial charge in [-0.15, -0.1) is 0 Å². The molecule has 1 fully saturated rings. The number of carbonyl (C=O) groups excluding carboxylic acids is 3. The number of anilines is 1. The normalized spacial score (nSPS) is 15.8. The van der Waals surface area contributed by atoms with Gasteiger partial charge in [-0.2, -0.15) is 10.2 Å². The Morgan fingerprint density at radius 2 is 2.23 bits per heavy atom. The van der Waals surface area contributed by atoms with E-state index in [4.69, 9.17) is 4.74 Å². The van der Waals surface area contributed by atoms with Gasteiger partial charge >= 0.3 is 6.09 Å². The highest BCUT2D eigenvalue weighted by atomic mass is 28.3. The Morgan fingerprint density at radius 1 is 1.40 bits per heavy atom. The van der Waals surface area contributed by atoms with Crippen LogP contribution in [0.1, 0.15) is 36.2 Å². The molecule has 0 bridgehead atoms. The molecule has 0 spiro atoms. The third-order valence-electron chi connectivity index (χ3n) is 5.57. The Hall–Kier alpha value is -3.93. The first-order chi connectivity index (χ1) is 16.8. The maximum atomic E-state index is 12.5. The number of aldehydes is 1. The molecule has 2 aromatic heterocycles. The standard InChI is InChI=1S/C23H27N6O5Si/c1-14(2)25-23(33)34-16-6-7-35(13-16)22-9-20(27-28-22)26-21(32)8-15-10-24-29(11-15)18-4-3-5-19(31)17(18)12-30/h3-5,9-12,14,16,31H,6-8,13H2,1-2H3,(H,25,33)(H2,26,27,28,32)/t16-/m1/s1. The fourth-order valence-corrected chi connectivity index (χ4v) is 6.72. The molecule has 3 heterocycles. The van der Waals surface area contributed by atoms with Crippen LogP contribution in [0.2, 0.25) is 12.1 Å². The monoisotopic (exact) mass is 495 g/mol. The van der Waals surface area contributed by atoms with Gasteiger partial charge in [0.25, 0.3) is 0 Å². The average Bonchev–Trinajstić information content (AvgIpc) is 3.54. The van der Waals surface area contributed by atoms with E-state index >= 15 is 0 Å². The highest BCUT2D eigenvalue weighted by Gasteiger charge is 2.31. The van der Waals surface area contributed by atoms with Crippen molar-refractivity contribution in [2.45, 2.75) is 50.9 Å². The highest BCUT2D eigenvalue weighted by molar-refractivity contribution is 6.73. The van der Waals surface area contributed by atoms with Crippen LogP contribution in [0.5, 0.6) is 5.75 Å². The van der Waals surface area contributed by atoms with Crippen LogP contribution in [0.25, 0.3) is 5.69 Å². The van der Waals surface area contributed by atoms with E-state index in [9.17, 15) is 19.5 Å². The van der Waals surface area contributed by atoms with Crippen LogP contribution >= 0.6 is 0 Å². The van der Waals surface area contributed by atoms with Crippen LogP contribution in [0.15, 0.2) is 36.7 Å². The van der Waals surface area contributed by atoms with Crippen molar-refractivity contribution in [2.24, 2.45) is 0 Å². The first-order valence-corrected chi connectivity index (χ1v) is 13.2. The zero-order chi connectivity index (χ0) is 24.9. The van der Waals surface area contributed by atoms with E-state index < -0.39 is 8.80 Å². The summed E-state index contributed by atoms with van der Waals surface area (Å²) in [5.74, 6) is 0.0422. The van der Waals surface area contributed by atoms with E-state index in [1.54, 1.807) is 18.3 Å². The Balaban J connectivity index is 1.31. The Morgan fingerprint density at radius 3 is 3.00 bits per heavy atom. The van der Waals surface area contributed by atoms with Gasteiger partial charge in [0.2, 0.25) is 5.91 Å². The molecule has 1 aliphatic heterocycles. The predicted molar refractivity (Wildman–Crippen MR) is 130 cm³/mol. The average molecular weight is 496 g/mol. The molecule has 12 heteroatoms. The van der Waals surface area contributed by atoms with Crippen molar-refractivity contribution in [3.05, 3.63) is 47.8 Å². The zero-order valence-corrected chi connectivity index (χ0v) is 20.4. The molecule has 183 valence electrons. The zero-order valence-electron chi connectivity index (χ0n) is 19.4. The van der Waals surface area contributed by atoms with Crippen LogP contribution < -0.4 is 16.0 Å². The summed E-state index contributed by atoms with van der Waals surface area (Å²) < 4.78 is 6.94. The van der Waals surface area contributed by atoms with Crippen molar-refractivity contribution >= 4 is 38.2 Å². The molecule has 0 unspecified atom stereocenters. The molecule has 1 radical (unpaired) electrons. The number of nitrogens with one attached hydrogen (secondary N) is 3. The van der Waals surface area contributed by atoms with Gasteiger partial charge in [0.1, 0.15) is 20.7 Å². The van der Waals surface area contributed by atoms with Gasteiger partial charge in [-0.1, -0.05) is 6.07 Å². The minimum atomic E-state index is -0.957. The summed E-state index contributed by atoms with van der Waals surface area (Å²) in [5, 5.41) is 27.8. The number of aromatic hydroxyl groups is 1. The van der Waals surface area contributed by atoms with Crippen molar-refractivity contribution in [1.29, 1.82) is 0 Å². The molecule has 35 heavy (non-hydrogen) atoms. The Labute approximate surface area is 203 Å². The molecule has 1 saturated heterocycles. The fourth-order valence-electron chi connectivity index (χ4n) is 3.96. The topological polar surface area (TPSA) is 151 Å². The summed E-state index contributed by atoms with van der Waals surface area (Å²) in [7, 11) is -0.957. The van der Waals surface area contributed by atoms with Crippen LogP contribution in [0.4, 0.5) is 10.6 Å². The molecule has 0 saturated carbocycles. The number of phenolic OH excluding ortho intramolecular Hbond substituents is 1. The van der Waals surface area contributed by atoms with E-state index in [0.29, 0.717) is 23.4 Å². The van der Waals surface area contributed by atoms with Crippen LogP contribution in [0, 0.1) is 0 Å². The van der Waals surface area contributed by atoms with Crippen molar-refractivity contribution in [3.8, 4) is 11.4 Å². The minimum Gasteiger partial charge on any atom is -0.507 e. The number of phenols is 1. The smallest absolute Gasteiger partial charge is 0.407 e. The van der Waals surface area contributed by atoms with Gasteiger partial charge in [-0.25, -0.2) is 9.48 Å². The van der Waals surface area contributed by atoms with Gasteiger partial charge in [-0.3, -0.25) is 14.7 Å². The van der Waals surface area contributed by atoms with Gasteiger partial charge < -0.3 is 20.5 Å². The fraction of sp³-hybridized carbons (Fsp3) is 0.348. The lowest BCUT2D eigenvalue weighted by atomic mass is 10.1. The maximum Gasteiger partial charge on any atom is 0.407 e. The van der Waals surface area contributed by atoms with E-state index in [1.807, 2.05) is 19.9 Å². The lowest BCUT2D eigenvalue weighted by Crippen LogP contribution is -2.34. The number of hydrogen-bond donors (Lipinski definition) is 4. The first kappa shape index (κ1) is 24.2. The predicted octanol–water partition coefficient (Wildman–Crippen LogP) is 1.90. The van der Waals surface area contributed by atoms with E-state index in [2.05, 4.69) is 25.9 Å². The lowest BCUT2D eigenvalue weighted by molar-refractivity contribution is -0.115. The SMILES string of the molecule is CC(C)NC(=O)O[C@@H]1CC[Si](c2cc(NC(=O)Cc3cnn(-c4cccc(O)c4C=O)c3)n[nH]2)C1. The van der Waals surface area contributed by atoms with Gasteiger partial charge in [0.05, 0.1) is 23.9 Å². The minimum absolute atomic E-state index is 0.0300. The van der Waals surface area contributed by atoms with Crippen LogP contribution in [0.3, 0.4) is 0 Å². The number of aromatic amines is 1. The second-order valence-electron chi connectivity index (χ2n) is 8.69. The van der Waals surface area contributed by atoms with Crippen molar-refractivity contribution in [3.63, 3.8) is 0 Å². The van der Waals surface area contributed by atoms with Crippen LogP contribution in [-0.4, -0.2) is 64.3 Å². The number of hydrogen-bond acceptors (Lipinski definition) is 7. The molecule has 1 atom stereocenters. The number of nitrogens with zero attached hydrogens (tertiary/aromatic N) is 3. The summed E-state index contributed by atoms with van der Waals surface area (Å²) in [5.41, 5.74) is 1.19. The maximum absolute atomic E-state index is 12.5. The number of carbonyl (C=O) groups is 3. The van der Waals surface area contributed by atoms with E-state index in [-0.39, 0.29) is 41.9 Å². The molecule has 1 aromatic carbocycles. The van der Waals surface area contributed by atoms with E-state index in [1.165, 1.54) is 16.9 Å². The molecular weight excluding hydrogens is 468 g/mol. The second-order valence-corrected chi connectivity index (χ2v) is 11.3. The summed E-state index contributed by atoms with van der Waals surface area (Å²) in [4.78, 5) is 35.7. The summed E-state index contributed by atoms with van der Waals surface area (Å²) in [6, 6.07) is 8.32. The molecule has 2 amide bonds. The molecule has 3 aromatic rings. The number of ether oxygens (including phenoxy) is 1. The van der Waals surface area contributed by atoms with Gasteiger partial charge in [0, 0.05) is 17.6 Å². The quantitative estimate of drug-likeness (QED) is 0.275. The molecule has 4 rings (SSSR count). The van der Waals surface area contributed by atoms with Gasteiger partial charge in [0.15, 0.2) is 12.1 Å². The number of rotatable bonds is 8.